The Labute approximate surface area is 163 Å². The van der Waals surface area contributed by atoms with Crippen LogP contribution in [0.25, 0.3) is 0 Å². The van der Waals surface area contributed by atoms with E-state index in [1.165, 1.54) is 17.7 Å². The molecule has 7 nitrogen and oxygen atoms in total. The highest BCUT2D eigenvalue weighted by atomic mass is 16.6. The molecule has 0 unspecified atom stereocenters. The lowest BCUT2D eigenvalue weighted by Crippen LogP contribution is -2.14. The average molecular weight is 384 g/mol. The third kappa shape index (κ3) is 7.19. The number of benzene rings is 2. The van der Waals surface area contributed by atoms with E-state index in [0.717, 1.165) is 18.4 Å². The first kappa shape index (κ1) is 21.1. The Balaban J connectivity index is 1.64. The van der Waals surface area contributed by atoms with Crippen LogP contribution in [0, 0.1) is 17.0 Å². The van der Waals surface area contributed by atoms with Crippen molar-refractivity contribution in [2.24, 2.45) is 0 Å². The van der Waals surface area contributed by atoms with Crippen LogP contribution in [0.3, 0.4) is 0 Å². The second kappa shape index (κ2) is 10.8. The molecule has 0 aliphatic rings. The molecule has 0 fully saturated rings. The normalized spacial score (nSPS) is 10.3. The van der Waals surface area contributed by atoms with Crippen LogP contribution in [0.5, 0.6) is 0 Å². The maximum atomic E-state index is 12.0. The van der Waals surface area contributed by atoms with Crippen LogP contribution >= 0.6 is 0 Å². The van der Waals surface area contributed by atoms with E-state index in [0.29, 0.717) is 18.7 Å². The molecule has 28 heavy (non-hydrogen) atoms. The number of non-ortho nitro benzene ring substituents is 1. The first-order valence-electron chi connectivity index (χ1n) is 9.20. The number of rotatable bonds is 10. The summed E-state index contributed by atoms with van der Waals surface area (Å²) in [5.41, 5.74) is 2.26. The van der Waals surface area contributed by atoms with Gasteiger partial charge in [0.2, 0.25) is 5.91 Å². The first-order valence-corrected chi connectivity index (χ1v) is 9.20. The minimum atomic E-state index is -0.511. The minimum Gasteiger partial charge on any atom is -0.466 e. The Hall–Kier alpha value is -3.22. The van der Waals surface area contributed by atoms with Crippen LogP contribution in [0.4, 0.5) is 11.4 Å². The number of carbonyl (C=O) groups excluding carboxylic acids is 2. The number of aryl methyl sites for hydroxylation is 2. The van der Waals surface area contributed by atoms with Gasteiger partial charge in [0.25, 0.3) is 5.69 Å². The lowest BCUT2D eigenvalue weighted by atomic mass is 10.1. The van der Waals surface area contributed by atoms with Crippen LogP contribution in [0.2, 0.25) is 0 Å². The third-order valence-electron chi connectivity index (χ3n) is 4.21. The van der Waals surface area contributed by atoms with E-state index in [4.69, 9.17) is 4.74 Å². The third-order valence-corrected chi connectivity index (χ3v) is 4.21. The molecule has 0 saturated heterocycles. The predicted molar refractivity (Wildman–Crippen MR) is 106 cm³/mol. The molecule has 148 valence electrons. The molecular weight excluding hydrogens is 360 g/mol. The monoisotopic (exact) mass is 384 g/mol. The number of esters is 1. The maximum Gasteiger partial charge on any atom is 0.305 e. The number of nitro groups is 1. The molecule has 0 atom stereocenters. The van der Waals surface area contributed by atoms with E-state index in [1.54, 1.807) is 13.0 Å². The van der Waals surface area contributed by atoms with Crippen LogP contribution in [-0.4, -0.2) is 23.4 Å². The molecule has 0 aromatic heterocycles. The molecule has 2 aromatic carbocycles. The highest BCUT2D eigenvalue weighted by Gasteiger charge is 2.12. The van der Waals surface area contributed by atoms with Crippen molar-refractivity contribution in [3.63, 3.8) is 0 Å². The zero-order valence-corrected chi connectivity index (χ0v) is 15.8. The molecule has 0 bridgehead atoms. The van der Waals surface area contributed by atoms with Gasteiger partial charge in [-0.15, -0.1) is 0 Å². The number of amides is 1. The van der Waals surface area contributed by atoms with Gasteiger partial charge >= 0.3 is 5.97 Å². The maximum absolute atomic E-state index is 12.0. The summed E-state index contributed by atoms with van der Waals surface area (Å²) < 4.78 is 5.18. The molecule has 0 spiro atoms. The van der Waals surface area contributed by atoms with E-state index >= 15 is 0 Å². The second-order valence-electron chi connectivity index (χ2n) is 6.47. The fourth-order valence-corrected chi connectivity index (χ4v) is 2.64. The summed E-state index contributed by atoms with van der Waals surface area (Å²) in [5.74, 6) is -0.618. The molecule has 1 N–H and O–H groups in total. The van der Waals surface area contributed by atoms with Gasteiger partial charge in [0.1, 0.15) is 0 Å². The zero-order valence-electron chi connectivity index (χ0n) is 15.8. The average Bonchev–Trinajstić information content (AvgIpc) is 2.67. The molecule has 2 rings (SSSR count). The van der Waals surface area contributed by atoms with Gasteiger partial charge in [0.15, 0.2) is 0 Å². The molecule has 1 amide bonds. The molecule has 0 heterocycles. The van der Waals surface area contributed by atoms with Gasteiger partial charge < -0.3 is 10.1 Å². The van der Waals surface area contributed by atoms with Gasteiger partial charge in [-0.25, -0.2) is 0 Å². The Bertz CT molecular complexity index is 821. The Kier molecular flexibility index (Phi) is 8.14. The summed E-state index contributed by atoms with van der Waals surface area (Å²) in [5, 5.41) is 13.5. The van der Waals surface area contributed by atoms with Gasteiger partial charge in [-0.2, -0.15) is 0 Å². The van der Waals surface area contributed by atoms with E-state index in [1.807, 2.05) is 30.3 Å². The number of ether oxygens (including phenoxy) is 1. The summed E-state index contributed by atoms with van der Waals surface area (Å²) in [6, 6.07) is 14.3. The van der Waals surface area contributed by atoms with E-state index in [2.05, 4.69) is 5.32 Å². The van der Waals surface area contributed by atoms with Crippen LogP contribution in [0.1, 0.15) is 36.8 Å². The zero-order chi connectivity index (χ0) is 20.4. The van der Waals surface area contributed by atoms with Gasteiger partial charge in [-0.05, 0) is 37.3 Å². The quantitative estimate of drug-likeness (QED) is 0.287. The fraction of sp³-hybridized carbons (Fsp3) is 0.333. The molecule has 2 aromatic rings. The lowest BCUT2D eigenvalue weighted by Gasteiger charge is -2.08. The predicted octanol–water partition coefficient (Wildman–Crippen LogP) is 4.19. The lowest BCUT2D eigenvalue weighted by molar-refractivity contribution is -0.384. The first-order chi connectivity index (χ1) is 13.5. The number of nitrogens with zero attached hydrogens (tertiary/aromatic N) is 1. The van der Waals surface area contributed by atoms with Gasteiger partial charge in [-0.3, -0.25) is 19.7 Å². The highest BCUT2D eigenvalue weighted by molar-refractivity contribution is 5.92. The van der Waals surface area contributed by atoms with Crippen molar-refractivity contribution >= 4 is 23.3 Å². The van der Waals surface area contributed by atoms with Gasteiger partial charge in [0.05, 0.1) is 17.2 Å². The largest absolute Gasteiger partial charge is 0.466 e. The summed E-state index contributed by atoms with van der Waals surface area (Å²) >= 11 is 0. The van der Waals surface area contributed by atoms with Crippen LogP contribution in [-0.2, 0) is 20.7 Å². The molecule has 7 heteroatoms. The van der Waals surface area contributed by atoms with Gasteiger partial charge in [-0.1, -0.05) is 36.4 Å². The smallest absolute Gasteiger partial charge is 0.305 e. The Morgan fingerprint density at radius 2 is 1.82 bits per heavy atom. The van der Waals surface area contributed by atoms with Crippen molar-refractivity contribution in [2.75, 3.05) is 11.9 Å². The number of nitro benzene ring substituents is 1. The van der Waals surface area contributed by atoms with Crippen molar-refractivity contribution < 1.29 is 19.2 Å². The SMILES string of the molecule is Cc1ccc([N+](=O)[O-])cc1NC(=O)CCCC(=O)OCCCc1ccccc1. The van der Waals surface area contributed by atoms with Crippen molar-refractivity contribution in [3.05, 3.63) is 69.8 Å². The van der Waals surface area contributed by atoms with Crippen molar-refractivity contribution in [1.29, 1.82) is 0 Å². The summed E-state index contributed by atoms with van der Waals surface area (Å²) in [6.45, 7) is 2.11. The fourth-order valence-electron chi connectivity index (χ4n) is 2.64. The minimum absolute atomic E-state index is 0.0834. The number of anilines is 1. The standard InChI is InChI=1S/C21H24N2O5/c1-16-12-13-18(23(26)27)15-19(16)22-20(24)10-5-11-21(25)28-14-6-9-17-7-3-2-4-8-17/h2-4,7-8,12-13,15H,5-6,9-11,14H2,1H3,(H,22,24). The molecule has 0 radical (unpaired) electrons. The highest BCUT2D eigenvalue weighted by Crippen LogP contribution is 2.22. The Morgan fingerprint density at radius 3 is 2.54 bits per heavy atom. The number of hydrogen-bond donors (Lipinski definition) is 1. The number of nitrogens with one attached hydrogen (secondary N) is 1. The van der Waals surface area contributed by atoms with Gasteiger partial charge in [0, 0.05) is 25.0 Å². The molecule has 0 aliphatic heterocycles. The van der Waals surface area contributed by atoms with Crippen molar-refractivity contribution in [1.82, 2.24) is 0 Å². The molecule has 0 aliphatic carbocycles. The van der Waals surface area contributed by atoms with Crippen LogP contribution in [0.15, 0.2) is 48.5 Å². The number of carbonyl (C=O) groups is 2. The summed E-state index contributed by atoms with van der Waals surface area (Å²) in [4.78, 5) is 34.1. The summed E-state index contributed by atoms with van der Waals surface area (Å²) in [7, 11) is 0. The van der Waals surface area contributed by atoms with Crippen LogP contribution < -0.4 is 5.32 Å². The topological polar surface area (TPSA) is 98.5 Å². The van der Waals surface area contributed by atoms with E-state index in [-0.39, 0.29) is 30.4 Å². The molecule has 0 saturated carbocycles. The second-order valence-corrected chi connectivity index (χ2v) is 6.47. The van der Waals surface area contributed by atoms with Crippen molar-refractivity contribution in [2.45, 2.75) is 39.0 Å². The summed E-state index contributed by atoms with van der Waals surface area (Å²) in [6.07, 6.45) is 2.26. The number of hydrogen-bond acceptors (Lipinski definition) is 5. The Morgan fingerprint density at radius 1 is 1.07 bits per heavy atom. The van der Waals surface area contributed by atoms with E-state index in [9.17, 15) is 19.7 Å². The molecular formula is C21H24N2O5. The van der Waals surface area contributed by atoms with Crippen molar-refractivity contribution in [3.8, 4) is 0 Å². The van der Waals surface area contributed by atoms with E-state index < -0.39 is 4.92 Å².